The maximum absolute atomic E-state index is 14.1. The Bertz CT molecular complexity index is 1420. The molecule has 214 valence electrons. The van der Waals surface area contributed by atoms with Gasteiger partial charge in [0, 0.05) is 12.6 Å². The monoisotopic (exact) mass is 565 g/mol. The summed E-state index contributed by atoms with van der Waals surface area (Å²) in [4.78, 5) is 28.9. The molecule has 8 nitrogen and oxygen atoms in total. The average Bonchev–Trinajstić information content (AvgIpc) is 2.92. The molecule has 2 amide bonds. The first-order chi connectivity index (χ1) is 19.0. The number of amides is 2. The number of anilines is 1. The fraction of sp³-hybridized carbons (Fsp3) is 0.355. The van der Waals surface area contributed by atoms with Gasteiger partial charge in [0.25, 0.3) is 10.0 Å². The van der Waals surface area contributed by atoms with Gasteiger partial charge >= 0.3 is 0 Å². The minimum atomic E-state index is -4.11. The summed E-state index contributed by atoms with van der Waals surface area (Å²) < 4.78 is 34.4. The Hall–Kier alpha value is -3.85. The van der Waals surface area contributed by atoms with Crippen LogP contribution in [0.1, 0.15) is 43.9 Å². The molecule has 0 heterocycles. The van der Waals surface area contributed by atoms with Crippen LogP contribution < -0.4 is 14.4 Å². The molecule has 0 radical (unpaired) electrons. The number of aryl methyl sites for hydroxylation is 2. The topological polar surface area (TPSA) is 96.0 Å². The molecule has 3 aromatic rings. The first kappa shape index (κ1) is 30.7. The van der Waals surface area contributed by atoms with Crippen molar-refractivity contribution in [3.05, 3.63) is 89.5 Å². The van der Waals surface area contributed by atoms with Crippen molar-refractivity contribution in [1.82, 2.24) is 10.2 Å². The maximum atomic E-state index is 14.1. The summed E-state index contributed by atoms with van der Waals surface area (Å²) >= 11 is 0. The van der Waals surface area contributed by atoms with E-state index < -0.39 is 28.5 Å². The molecule has 9 heteroatoms. The normalized spacial score (nSPS) is 12.1. The number of benzene rings is 3. The van der Waals surface area contributed by atoms with Crippen molar-refractivity contribution in [3.8, 4) is 5.75 Å². The molecule has 0 aliphatic heterocycles. The van der Waals surface area contributed by atoms with Crippen LogP contribution in [0.3, 0.4) is 0 Å². The van der Waals surface area contributed by atoms with E-state index in [-0.39, 0.29) is 23.4 Å². The molecule has 1 N–H and O–H groups in total. The highest BCUT2D eigenvalue weighted by molar-refractivity contribution is 7.92. The van der Waals surface area contributed by atoms with Gasteiger partial charge < -0.3 is 15.0 Å². The Labute approximate surface area is 238 Å². The van der Waals surface area contributed by atoms with E-state index in [2.05, 4.69) is 5.32 Å². The summed E-state index contributed by atoms with van der Waals surface area (Å²) in [5.74, 6) is -0.168. The second-order valence-electron chi connectivity index (χ2n) is 10.1. The van der Waals surface area contributed by atoms with Crippen molar-refractivity contribution in [2.45, 2.75) is 64.6 Å². The van der Waals surface area contributed by atoms with Gasteiger partial charge in [-0.2, -0.15) is 0 Å². The lowest BCUT2D eigenvalue weighted by Gasteiger charge is -2.34. The molecule has 3 rings (SSSR count). The van der Waals surface area contributed by atoms with Gasteiger partial charge in [-0.3, -0.25) is 13.9 Å². The Kier molecular flexibility index (Phi) is 10.3. The number of nitrogens with zero attached hydrogens (tertiary/aromatic N) is 2. The van der Waals surface area contributed by atoms with E-state index in [4.69, 9.17) is 4.74 Å². The number of methoxy groups -OCH3 is 1. The lowest BCUT2D eigenvalue weighted by atomic mass is 10.1. The van der Waals surface area contributed by atoms with Gasteiger partial charge in [-0.1, -0.05) is 55.0 Å². The molecule has 40 heavy (non-hydrogen) atoms. The quantitative estimate of drug-likeness (QED) is 0.339. The lowest BCUT2D eigenvalue weighted by molar-refractivity contribution is -0.140. The number of nitrogens with one attached hydrogen (secondary N) is 1. The summed E-state index contributed by atoms with van der Waals surface area (Å²) in [5.41, 5.74) is 2.85. The van der Waals surface area contributed by atoms with Crippen LogP contribution in [-0.4, -0.2) is 50.9 Å². The second kappa shape index (κ2) is 13.5. The van der Waals surface area contributed by atoms with E-state index in [9.17, 15) is 18.0 Å². The summed E-state index contributed by atoms with van der Waals surface area (Å²) in [6.45, 7) is 8.91. The third-order valence-electron chi connectivity index (χ3n) is 6.53. The van der Waals surface area contributed by atoms with Crippen molar-refractivity contribution in [1.29, 1.82) is 0 Å². The molecule has 1 unspecified atom stereocenters. The standard InChI is InChI=1S/C31H39N3O5S/c1-7-28(31(36)32-22(2)3)33(20-25-12-11-13-26(19-25)39-6)30(35)21-34(29-17-16-23(4)18-24(29)5)40(37,38)27-14-9-8-10-15-27/h8-19,22,28H,7,20-21H2,1-6H3,(H,32,36). The molecular formula is C31H39N3O5S. The van der Waals surface area contributed by atoms with Crippen LogP contribution in [0.2, 0.25) is 0 Å². The molecule has 0 bridgehead atoms. The van der Waals surface area contributed by atoms with Crippen molar-refractivity contribution < 1.29 is 22.7 Å². The van der Waals surface area contributed by atoms with Crippen molar-refractivity contribution in [2.24, 2.45) is 0 Å². The van der Waals surface area contributed by atoms with Crippen LogP contribution in [0.5, 0.6) is 5.75 Å². The van der Waals surface area contributed by atoms with E-state index >= 15 is 0 Å². The molecule has 0 aromatic heterocycles. The zero-order valence-electron chi connectivity index (χ0n) is 24.0. The maximum Gasteiger partial charge on any atom is 0.264 e. The number of hydrogen-bond acceptors (Lipinski definition) is 5. The minimum absolute atomic E-state index is 0.0757. The predicted octanol–water partition coefficient (Wildman–Crippen LogP) is 4.84. The van der Waals surface area contributed by atoms with Crippen LogP contribution in [0.25, 0.3) is 0 Å². The van der Waals surface area contributed by atoms with Gasteiger partial charge in [-0.15, -0.1) is 0 Å². The summed E-state index contributed by atoms with van der Waals surface area (Å²) in [7, 11) is -2.55. The summed E-state index contributed by atoms with van der Waals surface area (Å²) in [6, 6.07) is 19.8. The SMILES string of the molecule is CCC(C(=O)NC(C)C)N(Cc1cccc(OC)c1)C(=O)CN(c1ccc(C)cc1C)S(=O)(=O)c1ccccc1. The Balaban J connectivity index is 2.09. The molecule has 0 aliphatic carbocycles. The summed E-state index contributed by atoms with van der Waals surface area (Å²) in [5, 5.41) is 2.90. The molecule has 0 spiro atoms. The zero-order chi connectivity index (χ0) is 29.4. The molecule has 0 aliphatic rings. The van der Waals surface area contributed by atoms with Gasteiger partial charge in [0.1, 0.15) is 18.3 Å². The highest BCUT2D eigenvalue weighted by Gasteiger charge is 2.34. The van der Waals surface area contributed by atoms with Crippen molar-refractivity contribution in [3.63, 3.8) is 0 Å². The Morgan fingerprint density at radius 3 is 2.25 bits per heavy atom. The van der Waals surface area contributed by atoms with Gasteiger partial charge in [0.2, 0.25) is 11.8 Å². The van der Waals surface area contributed by atoms with Crippen LogP contribution >= 0.6 is 0 Å². The zero-order valence-corrected chi connectivity index (χ0v) is 24.9. The van der Waals surface area contributed by atoms with Gasteiger partial charge in [-0.05, 0) is 75.6 Å². The number of carbonyl (C=O) groups excluding carboxylic acids is 2. The number of hydrogen-bond donors (Lipinski definition) is 1. The lowest BCUT2D eigenvalue weighted by Crippen LogP contribution is -2.53. The molecule has 1 atom stereocenters. The third kappa shape index (κ3) is 7.41. The molecule has 0 saturated carbocycles. The minimum Gasteiger partial charge on any atom is -0.497 e. The smallest absolute Gasteiger partial charge is 0.264 e. The highest BCUT2D eigenvalue weighted by Crippen LogP contribution is 2.28. The van der Waals surface area contributed by atoms with Gasteiger partial charge in [0.15, 0.2) is 0 Å². The number of sulfonamides is 1. The van der Waals surface area contributed by atoms with E-state index in [0.717, 1.165) is 21.0 Å². The highest BCUT2D eigenvalue weighted by atomic mass is 32.2. The predicted molar refractivity (Wildman–Crippen MR) is 158 cm³/mol. The molecule has 0 fully saturated rings. The number of ether oxygens (including phenoxy) is 1. The second-order valence-corrected chi connectivity index (χ2v) is 11.9. The van der Waals surface area contributed by atoms with Crippen LogP contribution in [0, 0.1) is 13.8 Å². The van der Waals surface area contributed by atoms with Crippen molar-refractivity contribution in [2.75, 3.05) is 18.0 Å². The van der Waals surface area contributed by atoms with Gasteiger partial charge in [-0.25, -0.2) is 8.42 Å². The Morgan fingerprint density at radius 2 is 1.65 bits per heavy atom. The average molecular weight is 566 g/mol. The van der Waals surface area contributed by atoms with E-state index in [1.54, 1.807) is 43.5 Å². The third-order valence-corrected chi connectivity index (χ3v) is 8.31. The first-order valence-electron chi connectivity index (χ1n) is 13.4. The van der Waals surface area contributed by atoms with Crippen molar-refractivity contribution >= 4 is 27.5 Å². The van der Waals surface area contributed by atoms with Crippen LogP contribution in [0.4, 0.5) is 5.69 Å². The van der Waals surface area contributed by atoms with E-state index in [1.807, 2.05) is 58.9 Å². The largest absolute Gasteiger partial charge is 0.497 e. The molecule has 0 saturated heterocycles. The van der Waals surface area contributed by atoms with Crippen LogP contribution in [0.15, 0.2) is 77.7 Å². The number of carbonyl (C=O) groups is 2. The van der Waals surface area contributed by atoms with Gasteiger partial charge in [0.05, 0.1) is 17.7 Å². The fourth-order valence-corrected chi connectivity index (χ4v) is 6.09. The van der Waals surface area contributed by atoms with E-state index in [1.165, 1.54) is 17.0 Å². The molecular weight excluding hydrogens is 526 g/mol. The number of rotatable bonds is 12. The van der Waals surface area contributed by atoms with E-state index in [0.29, 0.717) is 17.9 Å². The van der Waals surface area contributed by atoms with Crippen LogP contribution in [-0.2, 0) is 26.2 Å². The molecule has 3 aromatic carbocycles. The fourth-order valence-electron chi connectivity index (χ4n) is 4.59. The Morgan fingerprint density at radius 1 is 0.950 bits per heavy atom. The summed E-state index contributed by atoms with van der Waals surface area (Å²) in [6.07, 6.45) is 0.350. The first-order valence-corrected chi connectivity index (χ1v) is 14.8.